The van der Waals surface area contributed by atoms with E-state index in [-0.39, 0.29) is 11.8 Å². The largest absolute Gasteiger partial charge is 0.494 e. The lowest BCUT2D eigenvalue weighted by Crippen LogP contribution is -2.19. The van der Waals surface area contributed by atoms with Gasteiger partial charge in [0.25, 0.3) is 11.8 Å². The minimum atomic E-state index is -0.328. The minimum absolute atomic E-state index is 0.319. The molecule has 0 unspecified atom stereocenters. The Morgan fingerprint density at radius 1 is 0.706 bits per heavy atom. The molecule has 0 atom stereocenters. The Labute approximate surface area is 201 Å². The standard InChI is InChI=1S/C28H32N2O4/c1-3-5-6-11-20-34-26-15-10-8-13-24(26)28(32)30-25-14-9-7-12-23(25)27(31)29-21-16-18-22(19-17-21)33-4-2/h7-10,12-19H,3-6,11,20H2,1-2H3,(H,29,31)(H,30,32). The maximum atomic E-state index is 13.1. The van der Waals surface area contributed by atoms with Crippen molar-refractivity contribution in [1.29, 1.82) is 0 Å². The Hall–Kier alpha value is -3.80. The molecule has 0 bridgehead atoms. The van der Waals surface area contributed by atoms with Crippen LogP contribution in [-0.2, 0) is 0 Å². The maximum Gasteiger partial charge on any atom is 0.259 e. The second-order valence-electron chi connectivity index (χ2n) is 7.82. The Balaban J connectivity index is 1.69. The van der Waals surface area contributed by atoms with Crippen LogP contribution >= 0.6 is 0 Å². The summed E-state index contributed by atoms with van der Waals surface area (Å²) in [6.45, 7) is 5.22. The fraction of sp³-hybridized carbons (Fsp3) is 0.286. The van der Waals surface area contributed by atoms with Gasteiger partial charge < -0.3 is 20.1 Å². The number of unbranched alkanes of at least 4 members (excludes halogenated alkanes) is 3. The van der Waals surface area contributed by atoms with E-state index in [0.717, 1.165) is 25.0 Å². The maximum absolute atomic E-state index is 13.1. The fourth-order valence-corrected chi connectivity index (χ4v) is 3.47. The summed E-state index contributed by atoms with van der Waals surface area (Å²) in [7, 11) is 0. The van der Waals surface area contributed by atoms with Gasteiger partial charge in [0.1, 0.15) is 11.5 Å². The van der Waals surface area contributed by atoms with Crippen molar-refractivity contribution in [3.8, 4) is 11.5 Å². The van der Waals surface area contributed by atoms with Crippen LogP contribution in [0.1, 0.15) is 60.2 Å². The van der Waals surface area contributed by atoms with Crippen LogP contribution in [0.4, 0.5) is 11.4 Å². The molecule has 3 rings (SSSR count). The summed E-state index contributed by atoms with van der Waals surface area (Å²) in [6.07, 6.45) is 4.37. The van der Waals surface area contributed by atoms with E-state index in [2.05, 4.69) is 17.6 Å². The second-order valence-corrected chi connectivity index (χ2v) is 7.82. The average molecular weight is 461 g/mol. The molecule has 0 aliphatic carbocycles. The van der Waals surface area contributed by atoms with Gasteiger partial charge in [0, 0.05) is 5.69 Å². The molecule has 0 aliphatic heterocycles. The number of carbonyl (C=O) groups is 2. The van der Waals surface area contributed by atoms with Crippen molar-refractivity contribution in [2.75, 3.05) is 23.8 Å². The van der Waals surface area contributed by atoms with Crippen LogP contribution < -0.4 is 20.1 Å². The lowest BCUT2D eigenvalue weighted by Gasteiger charge is -2.14. The third kappa shape index (κ3) is 7.10. The molecule has 0 aromatic heterocycles. The van der Waals surface area contributed by atoms with Crippen LogP contribution in [0.15, 0.2) is 72.8 Å². The van der Waals surface area contributed by atoms with Gasteiger partial charge in [-0.3, -0.25) is 9.59 Å². The van der Waals surface area contributed by atoms with E-state index in [4.69, 9.17) is 9.47 Å². The first-order chi connectivity index (χ1) is 16.6. The average Bonchev–Trinajstić information content (AvgIpc) is 2.86. The lowest BCUT2D eigenvalue weighted by atomic mass is 10.1. The molecule has 2 amide bonds. The van der Waals surface area contributed by atoms with Crippen molar-refractivity contribution in [3.63, 3.8) is 0 Å². The summed E-state index contributed by atoms with van der Waals surface area (Å²) in [6, 6.07) is 21.2. The first kappa shape index (κ1) is 24.8. The van der Waals surface area contributed by atoms with Gasteiger partial charge in [-0.2, -0.15) is 0 Å². The third-order valence-electron chi connectivity index (χ3n) is 5.23. The highest BCUT2D eigenvalue weighted by molar-refractivity contribution is 6.13. The zero-order chi connectivity index (χ0) is 24.2. The number of benzene rings is 3. The summed E-state index contributed by atoms with van der Waals surface area (Å²) in [5.74, 6) is 0.623. The number of hydrogen-bond acceptors (Lipinski definition) is 4. The number of para-hydroxylation sites is 2. The number of amides is 2. The van der Waals surface area contributed by atoms with Crippen LogP contribution in [0.3, 0.4) is 0 Å². The smallest absolute Gasteiger partial charge is 0.259 e. The van der Waals surface area contributed by atoms with E-state index in [1.165, 1.54) is 6.42 Å². The van der Waals surface area contributed by atoms with E-state index < -0.39 is 0 Å². The highest BCUT2D eigenvalue weighted by atomic mass is 16.5. The highest BCUT2D eigenvalue weighted by Crippen LogP contribution is 2.23. The molecule has 0 heterocycles. The zero-order valence-electron chi connectivity index (χ0n) is 19.8. The van der Waals surface area contributed by atoms with Crippen molar-refractivity contribution in [3.05, 3.63) is 83.9 Å². The van der Waals surface area contributed by atoms with Crippen LogP contribution in [-0.4, -0.2) is 25.0 Å². The fourth-order valence-electron chi connectivity index (χ4n) is 3.47. The Kier molecular flexibility index (Phi) is 9.52. The molecular weight excluding hydrogens is 428 g/mol. The molecule has 2 N–H and O–H groups in total. The number of anilines is 2. The first-order valence-electron chi connectivity index (χ1n) is 11.8. The number of hydrogen-bond donors (Lipinski definition) is 2. The molecule has 0 saturated heterocycles. The summed E-state index contributed by atoms with van der Waals surface area (Å²) >= 11 is 0. The van der Waals surface area contributed by atoms with Gasteiger partial charge >= 0.3 is 0 Å². The molecule has 34 heavy (non-hydrogen) atoms. The predicted molar refractivity (Wildman–Crippen MR) is 136 cm³/mol. The zero-order valence-corrected chi connectivity index (χ0v) is 19.8. The Morgan fingerprint density at radius 3 is 2.12 bits per heavy atom. The molecule has 6 nitrogen and oxygen atoms in total. The Morgan fingerprint density at radius 2 is 1.38 bits per heavy atom. The van der Waals surface area contributed by atoms with Gasteiger partial charge in [0.15, 0.2) is 0 Å². The van der Waals surface area contributed by atoms with Crippen molar-refractivity contribution in [1.82, 2.24) is 0 Å². The van der Waals surface area contributed by atoms with Gasteiger partial charge in [0.2, 0.25) is 0 Å². The van der Waals surface area contributed by atoms with Gasteiger partial charge in [-0.1, -0.05) is 50.5 Å². The van der Waals surface area contributed by atoms with Crippen molar-refractivity contribution in [2.24, 2.45) is 0 Å². The molecule has 0 fully saturated rings. The van der Waals surface area contributed by atoms with Crippen LogP contribution in [0.25, 0.3) is 0 Å². The topological polar surface area (TPSA) is 76.7 Å². The van der Waals surface area contributed by atoms with E-state index in [0.29, 0.717) is 41.5 Å². The molecule has 3 aromatic carbocycles. The molecule has 0 aliphatic rings. The molecule has 0 saturated carbocycles. The third-order valence-corrected chi connectivity index (χ3v) is 5.23. The van der Waals surface area contributed by atoms with Gasteiger partial charge in [0.05, 0.1) is 30.0 Å². The molecule has 0 spiro atoms. The first-order valence-corrected chi connectivity index (χ1v) is 11.8. The Bertz CT molecular complexity index is 1080. The van der Waals surface area contributed by atoms with Crippen LogP contribution in [0.2, 0.25) is 0 Å². The summed E-state index contributed by atoms with van der Waals surface area (Å²) in [5, 5.41) is 5.74. The van der Waals surface area contributed by atoms with Crippen molar-refractivity contribution < 1.29 is 19.1 Å². The SMILES string of the molecule is CCCCCCOc1ccccc1C(=O)Nc1ccccc1C(=O)Nc1ccc(OCC)cc1. The van der Waals surface area contributed by atoms with E-state index >= 15 is 0 Å². The summed E-state index contributed by atoms with van der Waals surface area (Å²) < 4.78 is 11.3. The quantitative estimate of drug-likeness (QED) is 0.301. The van der Waals surface area contributed by atoms with E-state index in [9.17, 15) is 9.59 Å². The summed E-state index contributed by atoms with van der Waals surface area (Å²) in [4.78, 5) is 26.0. The van der Waals surface area contributed by atoms with Gasteiger partial charge in [-0.05, 0) is 61.9 Å². The molecule has 178 valence electrons. The molecule has 3 aromatic rings. The molecular formula is C28H32N2O4. The number of rotatable bonds is 12. The second kappa shape index (κ2) is 13.0. The van der Waals surface area contributed by atoms with Crippen LogP contribution in [0, 0.1) is 0 Å². The van der Waals surface area contributed by atoms with Crippen LogP contribution in [0.5, 0.6) is 11.5 Å². The predicted octanol–water partition coefficient (Wildman–Crippen LogP) is 6.55. The normalized spacial score (nSPS) is 10.4. The minimum Gasteiger partial charge on any atom is -0.494 e. The highest BCUT2D eigenvalue weighted by Gasteiger charge is 2.17. The number of nitrogens with one attached hydrogen (secondary N) is 2. The van der Waals surface area contributed by atoms with E-state index in [1.54, 1.807) is 66.7 Å². The van der Waals surface area contributed by atoms with Gasteiger partial charge in [-0.25, -0.2) is 0 Å². The van der Waals surface area contributed by atoms with Crippen molar-refractivity contribution in [2.45, 2.75) is 39.5 Å². The summed E-state index contributed by atoms with van der Waals surface area (Å²) in [5.41, 5.74) is 1.85. The number of ether oxygens (including phenoxy) is 2. The van der Waals surface area contributed by atoms with E-state index in [1.807, 2.05) is 13.0 Å². The molecule has 0 radical (unpaired) electrons. The van der Waals surface area contributed by atoms with Gasteiger partial charge in [-0.15, -0.1) is 0 Å². The monoisotopic (exact) mass is 460 g/mol. The number of carbonyl (C=O) groups excluding carboxylic acids is 2. The van der Waals surface area contributed by atoms with Crippen molar-refractivity contribution >= 4 is 23.2 Å². The lowest BCUT2D eigenvalue weighted by molar-refractivity contribution is 0.102. The molecule has 6 heteroatoms.